The zero-order chi connectivity index (χ0) is 13.3. The molecule has 2 amide bonds. The van der Waals surface area contributed by atoms with E-state index in [0.717, 1.165) is 16.9 Å². The van der Waals surface area contributed by atoms with Crippen LogP contribution in [-0.2, 0) is 9.59 Å². The largest absolute Gasteiger partial charge is 0.274 e. The summed E-state index contributed by atoms with van der Waals surface area (Å²) < 4.78 is 0. The summed E-state index contributed by atoms with van der Waals surface area (Å²) in [5, 5.41) is -0.205. The summed E-state index contributed by atoms with van der Waals surface area (Å²) in [6.45, 7) is 6.01. The van der Waals surface area contributed by atoms with Gasteiger partial charge in [-0.25, -0.2) is 4.90 Å². The lowest BCUT2D eigenvalue weighted by Crippen LogP contribution is -2.31. The van der Waals surface area contributed by atoms with Gasteiger partial charge >= 0.3 is 0 Å². The number of hydrogen-bond donors (Lipinski definition) is 0. The number of amides is 2. The number of carbonyl (C=O) groups is 2. The molecule has 1 unspecified atom stereocenters. The molecule has 3 nitrogen and oxygen atoms in total. The third kappa shape index (κ3) is 2.29. The predicted molar refractivity (Wildman–Crippen MR) is 74.9 cm³/mol. The lowest BCUT2D eigenvalue weighted by molar-refractivity contribution is -0.121. The SMILES string of the molecule is CCSC1CC(=O)N(c2ccc(C)c(C)c2)C1=O. The van der Waals surface area contributed by atoms with Gasteiger partial charge in [-0.15, -0.1) is 11.8 Å². The molecule has 1 fully saturated rings. The van der Waals surface area contributed by atoms with Crippen LogP contribution < -0.4 is 4.90 Å². The average Bonchev–Trinajstić information content (AvgIpc) is 2.59. The molecular weight excluding hydrogens is 246 g/mol. The van der Waals surface area contributed by atoms with Crippen LogP contribution in [0.3, 0.4) is 0 Å². The van der Waals surface area contributed by atoms with Crippen LogP contribution in [0.15, 0.2) is 18.2 Å². The van der Waals surface area contributed by atoms with Gasteiger partial charge in [-0.05, 0) is 42.9 Å². The first-order chi connectivity index (χ1) is 8.54. The van der Waals surface area contributed by atoms with Crippen LogP contribution in [0.2, 0.25) is 0 Å². The lowest BCUT2D eigenvalue weighted by Gasteiger charge is -2.16. The molecule has 0 aliphatic carbocycles. The van der Waals surface area contributed by atoms with E-state index in [-0.39, 0.29) is 17.1 Å². The number of hydrogen-bond acceptors (Lipinski definition) is 3. The van der Waals surface area contributed by atoms with Gasteiger partial charge in [0.25, 0.3) is 0 Å². The minimum Gasteiger partial charge on any atom is -0.274 e. The van der Waals surface area contributed by atoms with Crippen molar-refractivity contribution in [2.45, 2.75) is 32.4 Å². The Labute approximate surface area is 112 Å². The molecule has 0 aromatic heterocycles. The molecule has 2 rings (SSSR count). The molecular formula is C14H17NO2S. The van der Waals surface area contributed by atoms with Gasteiger partial charge in [-0.1, -0.05) is 13.0 Å². The fourth-order valence-electron chi connectivity index (χ4n) is 2.07. The van der Waals surface area contributed by atoms with Gasteiger partial charge < -0.3 is 0 Å². The first-order valence-corrected chi connectivity index (χ1v) is 7.15. The van der Waals surface area contributed by atoms with E-state index in [0.29, 0.717) is 12.1 Å². The first-order valence-electron chi connectivity index (χ1n) is 6.10. The minimum atomic E-state index is -0.205. The fourth-order valence-corrected chi connectivity index (χ4v) is 2.98. The van der Waals surface area contributed by atoms with Crippen LogP contribution in [0, 0.1) is 13.8 Å². The van der Waals surface area contributed by atoms with E-state index in [1.54, 1.807) is 11.8 Å². The second-order valence-electron chi connectivity index (χ2n) is 4.48. The van der Waals surface area contributed by atoms with E-state index in [4.69, 9.17) is 0 Å². The van der Waals surface area contributed by atoms with Crippen molar-refractivity contribution in [2.24, 2.45) is 0 Å². The summed E-state index contributed by atoms with van der Waals surface area (Å²) in [5.74, 6) is 0.689. The lowest BCUT2D eigenvalue weighted by atomic mass is 10.1. The molecule has 1 aromatic carbocycles. The first kappa shape index (κ1) is 13.1. The Morgan fingerprint density at radius 2 is 2.00 bits per heavy atom. The molecule has 1 saturated heterocycles. The van der Waals surface area contributed by atoms with Crippen LogP contribution >= 0.6 is 11.8 Å². The van der Waals surface area contributed by atoms with Crippen LogP contribution in [0.5, 0.6) is 0 Å². The van der Waals surface area contributed by atoms with Crippen molar-refractivity contribution in [1.29, 1.82) is 0 Å². The van der Waals surface area contributed by atoms with E-state index in [1.165, 1.54) is 4.90 Å². The maximum absolute atomic E-state index is 12.2. The Hall–Kier alpha value is -1.29. The van der Waals surface area contributed by atoms with Crippen LogP contribution in [0.4, 0.5) is 5.69 Å². The number of thioether (sulfide) groups is 1. The maximum Gasteiger partial charge on any atom is 0.247 e. The third-order valence-corrected chi connectivity index (χ3v) is 4.33. The quantitative estimate of drug-likeness (QED) is 0.787. The van der Waals surface area contributed by atoms with E-state index >= 15 is 0 Å². The Kier molecular flexibility index (Phi) is 3.76. The Morgan fingerprint density at radius 1 is 1.28 bits per heavy atom. The zero-order valence-corrected chi connectivity index (χ0v) is 11.7. The molecule has 1 aliphatic heterocycles. The van der Waals surface area contributed by atoms with Crippen molar-refractivity contribution in [3.05, 3.63) is 29.3 Å². The number of anilines is 1. The van der Waals surface area contributed by atoms with Crippen molar-refractivity contribution >= 4 is 29.3 Å². The Morgan fingerprint density at radius 3 is 2.61 bits per heavy atom. The smallest absolute Gasteiger partial charge is 0.247 e. The monoisotopic (exact) mass is 263 g/mol. The standard InChI is InChI=1S/C14H17NO2S/c1-4-18-12-8-13(16)15(14(12)17)11-6-5-9(2)10(3)7-11/h5-7,12H,4,8H2,1-3H3. The molecule has 0 saturated carbocycles. The highest BCUT2D eigenvalue weighted by Gasteiger charge is 2.39. The molecule has 1 atom stereocenters. The second kappa shape index (κ2) is 5.14. The molecule has 1 aliphatic rings. The summed E-state index contributed by atoms with van der Waals surface area (Å²) in [7, 11) is 0. The van der Waals surface area contributed by atoms with Gasteiger partial charge in [0.15, 0.2) is 0 Å². The maximum atomic E-state index is 12.2. The number of rotatable bonds is 3. The van der Waals surface area contributed by atoms with Crippen molar-refractivity contribution in [3.8, 4) is 0 Å². The zero-order valence-electron chi connectivity index (χ0n) is 10.9. The number of imide groups is 1. The van der Waals surface area contributed by atoms with Gasteiger partial charge in [0.05, 0.1) is 10.9 Å². The van der Waals surface area contributed by atoms with E-state index in [9.17, 15) is 9.59 Å². The Bertz CT molecular complexity index is 499. The van der Waals surface area contributed by atoms with E-state index in [1.807, 2.05) is 39.0 Å². The predicted octanol–water partition coefficient (Wildman–Crippen LogP) is 2.69. The van der Waals surface area contributed by atoms with Crippen molar-refractivity contribution in [1.82, 2.24) is 0 Å². The van der Waals surface area contributed by atoms with Crippen LogP contribution in [-0.4, -0.2) is 22.8 Å². The Balaban J connectivity index is 2.30. The number of nitrogens with zero attached hydrogens (tertiary/aromatic N) is 1. The number of aryl methyl sites for hydroxylation is 2. The normalized spacial score (nSPS) is 19.7. The summed E-state index contributed by atoms with van der Waals surface area (Å²) in [6, 6.07) is 5.70. The highest BCUT2D eigenvalue weighted by Crippen LogP contribution is 2.30. The van der Waals surface area contributed by atoms with Crippen molar-refractivity contribution < 1.29 is 9.59 Å². The molecule has 96 valence electrons. The summed E-state index contributed by atoms with van der Waals surface area (Å²) in [6.07, 6.45) is 0.324. The second-order valence-corrected chi connectivity index (χ2v) is 5.96. The van der Waals surface area contributed by atoms with E-state index in [2.05, 4.69) is 0 Å². The van der Waals surface area contributed by atoms with Crippen molar-refractivity contribution in [2.75, 3.05) is 10.7 Å². The molecule has 4 heteroatoms. The topological polar surface area (TPSA) is 37.4 Å². The molecule has 0 spiro atoms. The molecule has 1 heterocycles. The molecule has 0 radical (unpaired) electrons. The van der Waals surface area contributed by atoms with E-state index < -0.39 is 0 Å². The van der Waals surface area contributed by atoms with Gasteiger partial charge in [0, 0.05) is 6.42 Å². The van der Waals surface area contributed by atoms with Crippen molar-refractivity contribution in [3.63, 3.8) is 0 Å². The summed E-state index contributed by atoms with van der Waals surface area (Å²) in [4.78, 5) is 25.5. The third-order valence-electron chi connectivity index (χ3n) is 3.22. The highest BCUT2D eigenvalue weighted by atomic mass is 32.2. The summed E-state index contributed by atoms with van der Waals surface area (Å²) in [5.41, 5.74) is 2.96. The molecule has 0 N–H and O–H groups in total. The van der Waals surface area contributed by atoms with Gasteiger partial charge in [0.1, 0.15) is 0 Å². The highest BCUT2D eigenvalue weighted by molar-refractivity contribution is 8.00. The number of carbonyl (C=O) groups excluding carboxylic acids is 2. The van der Waals surface area contributed by atoms with Crippen LogP contribution in [0.25, 0.3) is 0 Å². The number of benzene rings is 1. The van der Waals surface area contributed by atoms with Crippen LogP contribution in [0.1, 0.15) is 24.5 Å². The van der Waals surface area contributed by atoms with Gasteiger partial charge in [0.2, 0.25) is 11.8 Å². The fraction of sp³-hybridized carbons (Fsp3) is 0.429. The summed E-state index contributed by atoms with van der Waals surface area (Å²) >= 11 is 1.54. The van der Waals surface area contributed by atoms with Gasteiger partial charge in [-0.3, -0.25) is 9.59 Å². The van der Waals surface area contributed by atoms with Gasteiger partial charge in [-0.2, -0.15) is 0 Å². The molecule has 0 bridgehead atoms. The minimum absolute atomic E-state index is 0.0740. The average molecular weight is 263 g/mol. The molecule has 18 heavy (non-hydrogen) atoms. The molecule has 1 aromatic rings.